The maximum atomic E-state index is 10.1. The first kappa shape index (κ1) is 17.0. The number of aliphatic hydroxyl groups excluding tert-OH is 1. The summed E-state index contributed by atoms with van der Waals surface area (Å²) in [6.07, 6.45) is 0.628. The number of aryl methyl sites for hydroxylation is 1. The lowest BCUT2D eigenvalue weighted by Crippen LogP contribution is -1.95. The van der Waals surface area contributed by atoms with Crippen molar-refractivity contribution in [2.24, 2.45) is 0 Å². The molecule has 0 aliphatic carbocycles. The highest BCUT2D eigenvalue weighted by Gasteiger charge is 2.14. The first-order valence-electron chi connectivity index (χ1n) is 8.04. The predicted molar refractivity (Wildman–Crippen MR) is 97.5 cm³/mol. The normalized spacial score (nSPS) is 10.9. The summed E-state index contributed by atoms with van der Waals surface area (Å²) in [5.41, 5.74) is 4.63. The molecule has 25 heavy (non-hydrogen) atoms. The molecule has 0 bridgehead atoms. The van der Waals surface area contributed by atoms with E-state index in [1.54, 1.807) is 12.1 Å². The van der Waals surface area contributed by atoms with Gasteiger partial charge < -0.3 is 19.7 Å². The Morgan fingerprint density at radius 2 is 1.68 bits per heavy atom. The van der Waals surface area contributed by atoms with E-state index in [1.807, 2.05) is 25.1 Å². The topological polar surface area (TPSA) is 71.8 Å². The number of hydrogen-bond acceptors (Lipinski definition) is 5. The van der Waals surface area contributed by atoms with E-state index in [0.717, 1.165) is 33.3 Å². The smallest absolute Gasteiger partial charge is 0.200 e. The molecule has 1 aromatic heterocycles. The van der Waals surface area contributed by atoms with Crippen LogP contribution in [0.1, 0.15) is 11.1 Å². The highest BCUT2D eigenvalue weighted by atomic mass is 16.5. The molecule has 0 saturated heterocycles. The summed E-state index contributed by atoms with van der Waals surface area (Å²) in [5, 5.41) is 20.3. The molecule has 0 amide bonds. The average Bonchev–Trinajstić information content (AvgIpc) is 2.62. The minimum absolute atomic E-state index is 0.0279. The van der Waals surface area contributed by atoms with Gasteiger partial charge in [0.15, 0.2) is 11.5 Å². The van der Waals surface area contributed by atoms with E-state index in [4.69, 9.17) is 19.6 Å². The third kappa shape index (κ3) is 3.23. The van der Waals surface area contributed by atoms with Crippen LogP contribution >= 0.6 is 0 Å². The van der Waals surface area contributed by atoms with Crippen molar-refractivity contribution in [3.05, 3.63) is 47.5 Å². The van der Waals surface area contributed by atoms with Crippen molar-refractivity contribution in [1.29, 1.82) is 0 Å². The van der Waals surface area contributed by atoms with Crippen molar-refractivity contribution in [2.75, 3.05) is 20.8 Å². The Hall–Kier alpha value is -2.79. The van der Waals surface area contributed by atoms with Crippen molar-refractivity contribution < 1.29 is 19.7 Å². The summed E-state index contributed by atoms with van der Waals surface area (Å²) in [5.74, 6) is 0.652. The van der Waals surface area contributed by atoms with E-state index in [1.165, 1.54) is 14.2 Å². The fraction of sp³-hybridized carbons (Fsp3) is 0.250. The fourth-order valence-electron chi connectivity index (χ4n) is 2.92. The number of nitrogens with zero attached hydrogens (tertiary/aromatic N) is 1. The molecular formula is C20H21NO4. The van der Waals surface area contributed by atoms with Crippen LogP contribution in [-0.4, -0.2) is 36.0 Å². The van der Waals surface area contributed by atoms with Gasteiger partial charge in [-0.3, -0.25) is 0 Å². The third-order valence-corrected chi connectivity index (χ3v) is 4.26. The summed E-state index contributed by atoms with van der Waals surface area (Å²) < 4.78 is 10.5. The van der Waals surface area contributed by atoms with Gasteiger partial charge in [-0.05, 0) is 54.8 Å². The van der Waals surface area contributed by atoms with Gasteiger partial charge in [-0.2, -0.15) is 0 Å². The van der Waals surface area contributed by atoms with E-state index in [0.29, 0.717) is 17.9 Å². The lowest BCUT2D eigenvalue weighted by atomic mass is 10.0. The van der Waals surface area contributed by atoms with Crippen molar-refractivity contribution in [1.82, 2.24) is 4.98 Å². The summed E-state index contributed by atoms with van der Waals surface area (Å²) in [6, 6.07) is 11.5. The maximum absolute atomic E-state index is 10.1. The minimum Gasteiger partial charge on any atom is -0.502 e. The molecule has 0 radical (unpaired) electrons. The first-order valence-corrected chi connectivity index (χ1v) is 8.04. The van der Waals surface area contributed by atoms with Crippen LogP contribution in [0.3, 0.4) is 0 Å². The van der Waals surface area contributed by atoms with Crippen molar-refractivity contribution >= 4 is 10.9 Å². The van der Waals surface area contributed by atoms with Crippen LogP contribution in [-0.2, 0) is 6.42 Å². The summed E-state index contributed by atoms with van der Waals surface area (Å²) in [6.45, 7) is 2.16. The molecular weight excluding hydrogens is 318 g/mol. The van der Waals surface area contributed by atoms with Gasteiger partial charge >= 0.3 is 0 Å². The zero-order valence-corrected chi connectivity index (χ0v) is 14.5. The number of benzene rings is 2. The standard InChI is InChI=1S/C20H21NO4/c1-12-8-17(14-10-18(24-2)20(23)19(11-14)25-3)21-16-5-4-13(6-7-22)9-15(12)16/h4-5,8-11,22-23H,6-7H2,1-3H3. The Bertz CT molecular complexity index is 896. The fourth-order valence-corrected chi connectivity index (χ4v) is 2.92. The quantitative estimate of drug-likeness (QED) is 0.745. The Morgan fingerprint density at radius 3 is 2.28 bits per heavy atom. The number of fused-ring (bicyclic) bond motifs is 1. The molecule has 0 saturated carbocycles. The Morgan fingerprint density at radius 1 is 1.00 bits per heavy atom. The Balaban J connectivity index is 2.15. The van der Waals surface area contributed by atoms with E-state index in [2.05, 4.69) is 6.07 Å². The molecule has 5 nitrogen and oxygen atoms in total. The molecule has 0 atom stereocenters. The third-order valence-electron chi connectivity index (χ3n) is 4.26. The van der Waals surface area contributed by atoms with Crippen molar-refractivity contribution in [3.8, 4) is 28.5 Å². The summed E-state index contributed by atoms with van der Waals surface area (Å²) >= 11 is 0. The van der Waals surface area contributed by atoms with Gasteiger partial charge in [0.1, 0.15) is 0 Å². The molecule has 0 fully saturated rings. The van der Waals surface area contributed by atoms with Crippen LogP contribution in [0.15, 0.2) is 36.4 Å². The van der Waals surface area contributed by atoms with E-state index in [-0.39, 0.29) is 12.4 Å². The van der Waals surface area contributed by atoms with Crippen LogP contribution in [0.5, 0.6) is 17.2 Å². The predicted octanol–water partition coefficient (Wildman–Crippen LogP) is 3.47. The second-order valence-electron chi connectivity index (χ2n) is 5.88. The molecule has 0 aliphatic rings. The number of rotatable bonds is 5. The second kappa shape index (κ2) is 6.99. The van der Waals surface area contributed by atoms with Gasteiger partial charge in [0, 0.05) is 17.6 Å². The highest BCUT2D eigenvalue weighted by Crippen LogP contribution is 2.40. The molecule has 0 unspecified atom stereocenters. The van der Waals surface area contributed by atoms with Crippen LogP contribution in [0.25, 0.3) is 22.2 Å². The van der Waals surface area contributed by atoms with E-state index in [9.17, 15) is 5.11 Å². The number of pyridine rings is 1. The van der Waals surface area contributed by atoms with Gasteiger partial charge in [-0.1, -0.05) is 6.07 Å². The van der Waals surface area contributed by atoms with Gasteiger partial charge in [-0.15, -0.1) is 0 Å². The number of phenolic OH excluding ortho intramolecular Hbond substituents is 1. The Kier molecular flexibility index (Phi) is 4.76. The summed E-state index contributed by atoms with van der Waals surface area (Å²) in [4.78, 5) is 4.73. The molecule has 3 rings (SSSR count). The number of aromatic hydroxyl groups is 1. The van der Waals surface area contributed by atoms with Gasteiger partial charge in [0.2, 0.25) is 5.75 Å². The van der Waals surface area contributed by atoms with Gasteiger partial charge in [-0.25, -0.2) is 4.98 Å². The molecule has 130 valence electrons. The number of aliphatic hydroxyl groups is 1. The molecule has 2 aromatic carbocycles. The van der Waals surface area contributed by atoms with Gasteiger partial charge in [0.25, 0.3) is 0 Å². The molecule has 3 aromatic rings. The highest BCUT2D eigenvalue weighted by molar-refractivity contribution is 5.86. The number of hydrogen-bond donors (Lipinski definition) is 2. The monoisotopic (exact) mass is 339 g/mol. The molecule has 5 heteroatoms. The lowest BCUT2D eigenvalue weighted by molar-refractivity contribution is 0.299. The van der Waals surface area contributed by atoms with E-state index < -0.39 is 0 Å². The minimum atomic E-state index is -0.0279. The zero-order valence-electron chi connectivity index (χ0n) is 14.5. The summed E-state index contributed by atoms with van der Waals surface area (Å²) in [7, 11) is 3.00. The first-order chi connectivity index (χ1) is 12.1. The molecule has 1 heterocycles. The van der Waals surface area contributed by atoms with Crippen LogP contribution in [0, 0.1) is 6.92 Å². The maximum Gasteiger partial charge on any atom is 0.200 e. The molecule has 0 aliphatic heterocycles. The molecule has 2 N–H and O–H groups in total. The van der Waals surface area contributed by atoms with Crippen molar-refractivity contribution in [3.63, 3.8) is 0 Å². The largest absolute Gasteiger partial charge is 0.502 e. The Labute approximate surface area is 146 Å². The number of aromatic nitrogens is 1. The number of phenols is 1. The SMILES string of the molecule is COc1cc(-c2cc(C)c3cc(CCO)ccc3n2)cc(OC)c1O. The van der Waals surface area contributed by atoms with Crippen LogP contribution in [0.4, 0.5) is 0 Å². The van der Waals surface area contributed by atoms with Gasteiger partial charge in [0.05, 0.1) is 25.4 Å². The van der Waals surface area contributed by atoms with Crippen molar-refractivity contribution in [2.45, 2.75) is 13.3 Å². The zero-order chi connectivity index (χ0) is 18.0. The van der Waals surface area contributed by atoms with E-state index >= 15 is 0 Å². The number of methoxy groups -OCH3 is 2. The second-order valence-corrected chi connectivity index (χ2v) is 5.88. The van der Waals surface area contributed by atoms with Crippen LogP contribution in [0.2, 0.25) is 0 Å². The van der Waals surface area contributed by atoms with Crippen LogP contribution < -0.4 is 9.47 Å². The number of ether oxygens (including phenoxy) is 2. The molecule has 0 spiro atoms. The average molecular weight is 339 g/mol. The lowest BCUT2D eigenvalue weighted by Gasteiger charge is -2.12.